The van der Waals surface area contributed by atoms with Gasteiger partial charge in [-0.2, -0.15) is 0 Å². The number of benzene rings is 2. The molecule has 1 fully saturated rings. The van der Waals surface area contributed by atoms with Crippen LogP contribution in [0, 0.1) is 13.8 Å². The first kappa shape index (κ1) is 18.1. The summed E-state index contributed by atoms with van der Waals surface area (Å²) in [7, 11) is 0. The number of halogens is 1. The number of piperidine rings is 1. The van der Waals surface area contributed by atoms with Crippen molar-refractivity contribution in [1.29, 1.82) is 0 Å². The maximum atomic E-state index is 12.7. The molecule has 0 unspecified atom stereocenters. The third-order valence-electron chi connectivity index (χ3n) is 5.60. The molecule has 1 amide bonds. The lowest BCUT2D eigenvalue weighted by atomic mass is 9.82. The van der Waals surface area contributed by atoms with Gasteiger partial charge in [0, 0.05) is 36.5 Å². The summed E-state index contributed by atoms with van der Waals surface area (Å²) in [6, 6.07) is 11.1. The van der Waals surface area contributed by atoms with Crippen molar-refractivity contribution >= 4 is 23.3 Å². The first-order valence-electron chi connectivity index (χ1n) is 9.25. The number of Topliss-reactive ketones (excluding diaryl/α,β-unsaturated/α-hetero) is 1. The van der Waals surface area contributed by atoms with Crippen LogP contribution < -0.4 is 4.74 Å². The van der Waals surface area contributed by atoms with Gasteiger partial charge in [-0.3, -0.25) is 9.59 Å². The molecule has 0 aromatic heterocycles. The monoisotopic (exact) mass is 383 g/mol. The summed E-state index contributed by atoms with van der Waals surface area (Å²) in [6.07, 6.45) is 1.64. The minimum Gasteiger partial charge on any atom is -0.486 e. The predicted octanol–water partition coefficient (Wildman–Crippen LogP) is 4.60. The van der Waals surface area contributed by atoms with Crippen molar-refractivity contribution in [2.24, 2.45) is 0 Å². The van der Waals surface area contributed by atoms with Crippen molar-refractivity contribution in [3.05, 3.63) is 63.7 Å². The summed E-state index contributed by atoms with van der Waals surface area (Å²) in [5.74, 6) is 0.754. The van der Waals surface area contributed by atoms with E-state index in [2.05, 4.69) is 0 Å². The van der Waals surface area contributed by atoms with Gasteiger partial charge in [-0.05, 0) is 43.7 Å². The van der Waals surface area contributed by atoms with Crippen molar-refractivity contribution in [1.82, 2.24) is 4.90 Å². The van der Waals surface area contributed by atoms with E-state index >= 15 is 0 Å². The van der Waals surface area contributed by atoms with Gasteiger partial charge in [0.1, 0.15) is 11.4 Å². The SMILES string of the molecule is Cc1ccc(C(=O)N2CCC3(CC2)CC(=O)c2cc(Cl)cc(C)c2O3)cc1. The summed E-state index contributed by atoms with van der Waals surface area (Å²) in [4.78, 5) is 27.3. The molecule has 0 bridgehead atoms. The Morgan fingerprint density at radius 2 is 1.78 bits per heavy atom. The van der Waals surface area contributed by atoms with E-state index in [9.17, 15) is 9.59 Å². The maximum absolute atomic E-state index is 12.7. The molecule has 1 saturated heterocycles. The average Bonchev–Trinajstić information content (AvgIpc) is 2.64. The highest BCUT2D eigenvalue weighted by molar-refractivity contribution is 6.31. The fourth-order valence-corrected chi connectivity index (χ4v) is 4.26. The smallest absolute Gasteiger partial charge is 0.253 e. The van der Waals surface area contributed by atoms with Gasteiger partial charge in [0.15, 0.2) is 5.78 Å². The molecule has 2 heterocycles. The number of hydrogen-bond donors (Lipinski definition) is 0. The number of amides is 1. The van der Waals surface area contributed by atoms with Gasteiger partial charge in [0.25, 0.3) is 5.91 Å². The first-order valence-corrected chi connectivity index (χ1v) is 9.63. The molecule has 140 valence electrons. The third-order valence-corrected chi connectivity index (χ3v) is 5.82. The van der Waals surface area contributed by atoms with Crippen molar-refractivity contribution in [3.63, 3.8) is 0 Å². The Labute approximate surface area is 164 Å². The van der Waals surface area contributed by atoms with Crippen LogP contribution in [-0.4, -0.2) is 35.3 Å². The number of fused-ring (bicyclic) bond motifs is 1. The van der Waals surface area contributed by atoms with Gasteiger partial charge in [-0.25, -0.2) is 0 Å². The molecule has 0 radical (unpaired) electrons. The lowest BCUT2D eigenvalue weighted by Crippen LogP contribution is -2.52. The van der Waals surface area contributed by atoms with Gasteiger partial charge in [0.05, 0.1) is 12.0 Å². The fraction of sp³-hybridized carbons (Fsp3) is 0.364. The molecule has 5 heteroatoms. The Balaban J connectivity index is 1.51. The normalized spacial score (nSPS) is 18.2. The number of ketones is 1. The second-order valence-corrected chi connectivity index (χ2v) is 8.08. The van der Waals surface area contributed by atoms with Crippen LogP contribution >= 0.6 is 11.6 Å². The number of ether oxygens (including phenoxy) is 1. The molecule has 0 saturated carbocycles. The average molecular weight is 384 g/mol. The molecule has 2 aliphatic rings. The summed E-state index contributed by atoms with van der Waals surface area (Å²) in [5.41, 5.74) is 2.76. The highest BCUT2D eigenvalue weighted by Crippen LogP contribution is 2.42. The molecule has 0 atom stereocenters. The zero-order valence-electron chi connectivity index (χ0n) is 15.5. The van der Waals surface area contributed by atoms with Crippen LogP contribution in [0.25, 0.3) is 0 Å². The number of carbonyl (C=O) groups excluding carboxylic acids is 2. The number of likely N-dealkylation sites (tertiary alicyclic amines) is 1. The molecule has 1 spiro atoms. The molecular weight excluding hydrogens is 362 g/mol. The minimum absolute atomic E-state index is 0.0374. The van der Waals surface area contributed by atoms with Crippen LogP contribution in [0.5, 0.6) is 5.75 Å². The van der Waals surface area contributed by atoms with E-state index in [1.54, 1.807) is 6.07 Å². The van der Waals surface area contributed by atoms with E-state index in [4.69, 9.17) is 16.3 Å². The van der Waals surface area contributed by atoms with Crippen molar-refractivity contribution in [2.75, 3.05) is 13.1 Å². The van der Waals surface area contributed by atoms with Crippen LogP contribution in [0.2, 0.25) is 5.02 Å². The topological polar surface area (TPSA) is 46.6 Å². The number of aryl methyl sites for hydroxylation is 2. The highest BCUT2D eigenvalue weighted by Gasteiger charge is 2.44. The molecule has 27 heavy (non-hydrogen) atoms. The minimum atomic E-state index is -0.521. The van der Waals surface area contributed by atoms with Crippen LogP contribution in [0.4, 0.5) is 0 Å². The molecular formula is C22H22ClNO3. The van der Waals surface area contributed by atoms with E-state index in [1.165, 1.54) is 0 Å². The fourth-order valence-electron chi connectivity index (χ4n) is 3.99. The summed E-state index contributed by atoms with van der Waals surface area (Å²) in [5, 5.41) is 0.553. The molecule has 4 nitrogen and oxygen atoms in total. The third kappa shape index (κ3) is 3.34. The van der Waals surface area contributed by atoms with Gasteiger partial charge in [-0.15, -0.1) is 0 Å². The van der Waals surface area contributed by atoms with Crippen molar-refractivity contribution < 1.29 is 14.3 Å². The van der Waals surface area contributed by atoms with Gasteiger partial charge < -0.3 is 9.64 Å². The van der Waals surface area contributed by atoms with Crippen molar-refractivity contribution in [2.45, 2.75) is 38.7 Å². The zero-order chi connectivity index (χ0) is 19.2. The number of nitrogens with zero attached hydrogens (tertiary/aromatic N) is 1. The van der Waals surface area contributed by atoms with Crippen LogP contribution in [0.3, 0.4) is 0 Å². The largest absolute Gasteiger partial charge is 0.486 e. The van der Waals surface area contributed by atoms with Gasteiger partial charge >= 0.3 is 0 Å². The quantitative estimate of drug-likeness (QED) is 0.723. The Kier molecular flexibility index (Phi) is 4.47. The maximum Gasteiger partial charge on any atom is 0.253 e. The zero-order valence-corrected chi connectivity index (χ0v) is 16.3. The lowest BCUT2D eigenvalue weighted by Gasteiger charge is -2.44. The van der Waals surface area contributed by atoms with Crippen LogP contribution in [0.15, 0.2) is 36.4 Å². The second kappa shape index (κ2) is 6.68. The van der Waals surface area contributed by atoms with E-state index in [0.717, 1.165) is 11.1 Å². The molecule has 0 aliphatic carbocycles. The highest BCUT2D eigenvalue weighted by atomic mass is 35.5. The Morgan fingerprint density at radius 1 is 1.11 bits per heavy atom. The first-order chi connectivity index (χ1) is 12.9. The summed E-state index contributed by atoms with van der Waals surface area (Å²) >= 11 is 6.09. The molecule has 2 aromatic carbocycles. The molecule has 4 rings (SSSR count). The second-order valence-electron chi connectivity index (χ2n) is 7.64. The Bertz CT molecular complexity index is 912. The van der Waals surface area contributed by atoms with Crippen LogP contribution in [-0.2, 0) is 0 Å². The summed E-state index contributed by atoms with van der Waals surface area (Å²) in [6.45, 7) is 5.08. The molecule has 2 aliphatic heterocycles. The number of rotatable bonds is 1. The number of carbonyl (C=O) groups is 2. The van der Waals surface area contributed by atoms with E-state index < -0.39 is 5.60 Å². The van der Waals surface area contributed by atoms with E-state index in [0.29, 0.717) is 54.3 Å². The standard InChI is InChI=1S/C22H22ClNO3/c1-14-3-5-16(6-4-14)21(26)24-9-7-22(8-10-24)13-19(25)18-12-17(23)11-15(2)20(18)27-22/h3-6,11-12H,7-10,13H2,1-2H3. The molecule has 0 N–H and O–H groups in total. The Hall–Kier alpha value is -2.33. The van der Waals surface area contributed by atoms with E-state index in [-0.39, 0.29) is 11.7 Å². The number of hydrogen-bond acceptors (Lipinski definition) is 3. The molecule has 2 aromatic rings. The Morgan fingerprint density at radius 3 is 2.44 bits per heavy atom. The van der Waals surface area contributed by atoms with Crippen LogP contribution in [0.1, 0.15) is 51.1 Å². The predicted molar refractivity (Wildman–Crippen MR) is 105 cm³/mol. The van der Waals surface area contributed by atoms with Gasteiger partial charge in [0.2, 0.25) is 0 Å². The van der Waals surface area contributed by atoms with Gasteiger partial charge in [-0.1, -0.05) is 29.3 Å². The van der Waals surface area contributed by atoms with Crippen molar-refractivity contribution in [3.8, 4) is 5.75 Å². The van der Waals surface area contributed by atoms with E-state index in [1.807, 2.05) is 49.1 Å². The lowest BCUT2D eigenvalue weighted by molar-refractivity contribution is -0.00616. The summed E-state index contributed by atoms with van der Waals surface area (Å²) < 4.78 is 6.35.